The highest BCUT2D eigenvalue weighted by Crippen LogP contribution is 2.27. The summed E-state index contributed by atoms with van der Waals surface area (Å²) in [6.07, 6.45) is 1.89. The van der Waals surface area contributed by atoms with Gasteiger partial charge in [-0.2, -0.15) is 0 Å². The summed E-state index contributed by atoms with van der Waals surface area (Å²) in [6, 6.07) is 5.35. The summed E-state index contributed by atoms with van der Waals surface area (Å²) in [5.41, 5.74) is 1.82. The van der Waals surface area contributed by atoms with Gasteiger partial charge in [-0.15, -0.1) is 0 Å². The quantitative estimate of drug-likeness (QED) is 0.940. The Balaban J connectivity index is 2.18. The number of nitrogens with zero attached hydrogens (tertiary/aromatic N) is 2. The molecule has 20 heavy (non-hydrogen) atoms. The molecular formula is C14H16ClN3O2. The van der Waals surface area contributed by atoms with Gasteiger partial charge in [0.15, 0.2) is 12.1 Å². The van der Waals surface area contributed by atoms with E-state index >= 15 is 0 Å². The van der Waals surface area contributed by atoms with E-state index in [-0.39, 0.29) is 5.91 Å². The molecule has 5 nitrogen and oxygen atoms in total. The predicted octanol–water partition coefficient (Wildman–Crippen LogP) is 3.21. The Bertz CT molecular complexity index is 623. The van der Waals surface area contributed by atoms with Crippen LogP contribution in [0.5, 0.6) is 0 Å². The van der Waals surface area contributed by atoms with Crippen LogP contribution in [0, 0.1) is 0 Å². The highest BCUT2D eigenvalue weighted by Gasteiger charge is 2.16. The third-order valence-electron chi connectivity index (χ3n) is 2.86. The molecule has 0 saturated heterocycles. The van der Waals surface area contributed by atoms with Gasteiger partial charge >= 0.3 is 0 Å². The summed E-state index contributed by atoms with van der Waals surface area (Å²) in [5.74, 6) is 0.266. The van der Waals surface area contributed by atoms with Gasteiger partial charge in [0, 0.05) is 26.2 Å². The maximum Gasteiger partial charge on any atom is 0.277 e. The van der Waals surface area contributed by atoms with Crippen LogP contribution in [-0.4, -0.2) is 25.0 Å². The number of carbonyl (C=O) groups is 1. The van der Waals surface area contributed by atoms with E-state index in [1.54, 1.807) is 12.1 Å². The first-order valence-electron chi connectivity index (χ1n) is 6.23. The van der Waals surface area contributed by atoms with Crippen molar-refractivity contribution in [3.05, 3.63) is 41.1 Å². The van der Waals surface area contributed by atoms with Crippen LogP contribution < -0.4 is 10.2 Å². The Kier molecular flexibility index (Phi) is 4.29. The Morgan fingerprint density at radius 2 is 2.20 bits per heavy atom. The predicted molar refractivity (Wildman–Crippen MR) is 79.6 cm³/mol. The minimum Gasteiger partial charge on any atom is -0.448 e. The molecule has 0 aliphatic rings. The van der Waals surface area contributed by atoms with Gasteiger partial charge in [-0.25, -0.2) is 4.98 Å². The summed E-state index contributed by atoms with van der Waals surface area (Å²) in [6.45, 7) is 1.90. The Labute approximate surface area is 122 Å². The van der Waals surface area contributed by atoms with Crippen molar-refractivity contribution in [3.63, 3.8) is 0 Å². The lowest BCUT2D eigenvalue weighted by Crippen LogP contribution is -2.14. The smallest absolute Gasteiger partial charge is 0.277 e. The molecule has 2 rings (SSSR count). The van der Waals surface area contributed by atoms with E-state index in [4.69, 9.17) is 16.0 Å². The second-order valence-electron chi connectivity index (χ2n) is 4.49. The van der Waals surface area contributed by atoms with Crippen LogP contribution >= 0.6 is 11.6 Å². The maximum atomic E-state index is 12.1. The normalized spacial score (nSPS) is 10.4. The van der Waals surface area contributed by atoms with Crippen LogP contribution in [0.25, 0.3) is 0 Å². The minimum absolute atomic E-state index is 0.302. The van der Waals surface area contributed by atoms with Crippen molar-refractivity contribution in [2.24, 2.45) is 0 Å². The monoisotopic (exact) mass is 293 g/mol. The van der Waals surface area contributed by atoms with Gasteiger partial charge in [-0.3, -0.25) is 4.79 Å². The summed E-state index contributed by atoms with van der Waals surface area (Å²) in [5, 5.41) is 3.33. The van der Waals surface area contributed by atoms with Crippen LogP contribution in [0.2, 0.25) is 5.02 Å². The Hall–Kier alpha value is -2.01. The number of hydrogen-bond donors (Lipinski definition) is 1. The molecule has 0 atom stereocenters. The first-order valence-corrected chi connectivity index (χ1v) is 6.61. The Morgan fingerprint density at radius 3 is 2.80 bits per heavy atom. The molecule has 1 amide bonds. The van der Waals surface area contributed by atoms with Gasteiger partial charge in [0.2, 0.25) is 0 Å². The average Bonchev–Trinajstić information content (AvgIpc) is 2.86. The van der Waals surface area contributed by atoms with E-state index < -0.39 is 0 Å². The second-order valence-corrected chi connectivity index (χ2v) is 4.90. The van der Waals surface area contributed by atoms with Crippen molar-refractivity contribution in [1.82, 2.24) is 4.98 Å². The van der Waals surface area contributed by atoms with Crippen molar-refractivity contribution in [2.75, 3.05) is 24.3 Å². The number of amides is 1. The van der Waals surface area contributed by atoms with Crippen LogP contribution in [0.3, 0.4) is 0 Å². The Morgan fingerprint density at radius 1 is 1.45 bits per heavy atom. The van der Waals surface area contributed by atoms with E-state index in [1.165, 1.54) is 6.39 Å². The highest BCUT2D eigenvalue weighted by atomic mass is 35.5. The fourth-order valence-electron chi connectivity index (χ4n) is 1.84. The number of hydrogen-bond acceptors (Lipinski definition) is 4. The number of aromatic nitrogens is 1. The van der Waals surface area contributed by atoms with Crippen molar-refractivity contribution in [1.29, 1.82) is 0 Å². The first-order chi connectivity index (χ1) is 9.52. The van der Waals surface area contributed by atoms with Gasteiger partial charge in [0.05, 0.1) is 10.7 Å². The van der Waals surface area contributed by atoms with Crippen molar-refractivity contribution in [3.8, 4) is 0 Å². The largest absolute Gasteiger partial charge is 0.448 e. The van der Waals surface area contributed by atoms with E-state index in [9.17, 15) is 4.79 Å². The molecule has 1 aromatic carbocycles. The standard InChI is InChI=1S/C14H16ClN3O2/c1-4-12-13(16-8-20-12)14(19)17-9-5-6-11(18(2)3)10(15)7-9/h5-8H,4H2,1-3H3,(H,17,19). The highest BCUT2D eigenvalue weighted by molar-refractivity contribution is 6.33. The van der Waals surface area contributed by atoms with Crippen molar-refractivity contribution in [2.45, 2.75) is 13.3 Å². The summed E-state index contributed by atoms with van der Waals surface area (Å²) < 4.78 is 5.14. The molecule has 2 aromatic rings. The molecule has 1 heterocycles. The molecule has 0 unspecified atom stereocenters. The van der Waals surface area contributed by atoms with E-state index in [0.717, 1.165) is 5.69 Å². The summed E-state index contributed by atoms with van der Waals surface area (Å²) >= 11 is 6.16. The van der Waals surface area contributed by atoms with Gasteiger partial charge in [-0.1, -0.05) is 18.5 Å². The number of rotatable bonds is 4. The molecule has 0 fully saturated rings. The SMILES string of the molecule is CCc1ocnc1C(=O)Nc1ccc(N(C)C)c(Cl)c1. The van der Waals surface area contributed by atoms with Crippen molar-refractivity contribution < 1.29 is 9.21 Å². The van der Waals surface area contributed by atoms with E-state index in [1.807, 2.05) is 32.0 Å². The zero-order valence-electron chi connectivity index (χ0n) is 11.6. The zero-order valence-corrected chi connectivity index (χ0v) is 12.4. The lowest BCUT2D eigenvalue weighted by Gasteiger charge is -2.15. The van der Waals surface area contributed by atoms with Crippen LogP contribution in [-0.2, 0) is 6.42 Å². The van der Waals surface area contributed by atoms with Crippen LogP contribution in [0.1, 0.15) is 23.2 Å². The van der Waals surface area contributed by atoms with Crippen molar-refractivity contribution >= 4 is 28.9 Å². The molecule has 0 spiro atoms. The topological polar surface area (TPSA) is 58.4 Å². The zero-order chi connectivity index (χ0) is 14.7. The van der Waals surface area contributed by atoms with Gasteiger partial charge in [0.1, 0.15) is 5.76 Å². The average molecular weight is 294 g/mol. The molecule has 6 heteroatoms. The fourth-order valence-corrected chi connectivity index (χ4v) is 2.19. The van der Waals surface area contributed by atoms with Crippen LogP contribution in [0.15, 0.2) is 29.0 Å². The maximum absolute atomic E-state index is 12.1. The molecule has 106 valence electrons. The third-order valence-corrected chi connectivity index (χ3v) is 3.17. The van der Waals surface area contributed by atoms with E-state index in [0.29, 0.717) is 28.6 Å². The van der Waals surface area contributed by atoms with Gasteiger partial charge in [-0.05, 0) is 18.2 Å². The third kappa shape index (κ3) is 2.93. The molecular weight excluding hydrogens is 278 g/mol. The van der Waals surface area contributed by atoms with Gasteiger partial charge in [0.25, 0.3) is 5.91 Å². The number of nitrogens with one attached hydrogen (secondary N) is 1. The number of halogens is 1. The number of carbonyl (C=O) groups excluding carboxylic acids is 1. The molecule has 0 bridgehead atoms. The second kappa shape index (κ2) is 5.96. The molecule has 0 aliphatic carbocycles. The number of aryl methyl sites for hydroxylation is 1. The van der Waals surface area contributed by atoms with E-state index in [2.05, 4.69) is 10.3 Å². The number of benzene rings is 1. The molecule has 0 aliphatic heterocycles. The number of anilines is 2. The molecule has 1 aromatic heterocycles. The first kappa shape index (κ1) is 14.4. The number of oxazole rings is 1. The fraction of sp³-hybridized carbons (Fsp3) is 0.286. The van der Waals surface area contributed by atoms with Gasteiger partial charge < -0.3 is 14.6 Å². The lowest BCUT2D eigenvalue weighted by molar-refractivity contribution is 0.102. The minimum atomic E-state index is -0.302. The molecule has 0 radical (unpaired) electrons. The molecule has 0 saturated carbocycles. The summed E-state index contributed by atoms with van der Waals surface area (Å²) in [7, 11) is 3.81. The molecule has 1 N–H and O–H groups in total. The summed E-state index contributed by atoms with van der Waals surface area (Å²) in [4.78, 5) is 17.9. The lowest BCUT2D eigenvalue weighted by atomic mass is 10.2. The van der Waals surface area contributed by atoms with Crippen LogP contribution in [0.4, 0.5) is 11.4 Å².